The number of rotatable bonds is 4. The van der Waals surface area contributed by atoms with Crippen molar-refractivity contribution in [1.82, 2.24) is 15.0 Å². The van der Waals surface area contributed by atoms with Gasteiger partial charge in [0.25, 0.3) is 0 Å². The summed E-state index contributed by atoms with van der Waals surface area (Å²) in [6, 6.07) is 0.729. The Morgan fingerprint density at radius 2 is 2.05 bits per heavy atom. The van der Waals surface area contributed by atoms with Crippen LogP contribution in [0.15, 0.2) is 0 Å². The molecule has 0 spiro atoms. The molecule has 2 rings (SSSR count). The second kappa shape index (κ2) is 6.69. The summed E-state index contributed by atoms with van der Waals surface area (Å²) in [6.45, 7) is 7.03. The molecule has 1 fully saturated rings. The lowest BCUT2D eigenvalue weighted by molar-refractivity contribution is 0.222. The molecule has 7 heteroatoms. The van der Waals surface area contributed by atoms with Crippen molar-refractivity contribution in [2.24, 2.45) is 5.84 Å². The number of hydrazine groups is 1. The topological polar surface area (TPSA) is 89.2 Å². The van der Waals surface area contributed by atoms with Crippen LogP contribution >= 0.6 is 0 Å². The van der Waals surface area contributed by atoms with E-state index in [1.165, 1.54) is 12.8 Å². The number of nitrogen functional groups attached to an aromatic ring is 1. The quantitative estimate of drug-likeness (QED) is 0.641. The Bertz CT molecular complexity index is 439. The van der Waals surface area contributed by atoms with Crippen LogP contribution in [0, 0.1) is 0 Å². The van der Waals surface area contributed by atoms with Crippen LogP contribution in [0.4, 0.5) is 11.9 Å². The highest BCUT2D eigenvalue weighted by molar-refractivity contribution is 5.38. The summed E-state index contributed by atoms with van der Waals surface area (Å²) >= 11 is 0. The number of nitrogens with zero attached hydrogens (tertiary/aromatic N) is 4. The summed E-state index contributed by atoms with van der Waals surface area (Å²) in [5, 5.41) is 0. The SMILES string of the molecule is CC(C)Oc1nc(NN)nc(N2CCCCCC2C)n1. The molecule has 1 atom stereocenters. The molecular formula is C13H24N6O. The van der Waals surface area contributed by atoms with Gasteiger partial charge in [0.1, 0.15) is 0 Å². The molecule has 1 saturated heterocycles. The number of nitrogens with one attached hydrogen (secondary N) is 1. The smallest absolute Gasteiger partial charge is 0.323 e. The van der Waals surface area contributed by atoms with Gasteiger partial charge in [-0.1, -0.05) is 12.8 Å². The van der Waals surface area contributed by atoms with Gasteiger partial charge in [0.15, 0.2) is 0 Å². The summed E-state index contributed by atoms with van der Waals surface area (Å²) in [5.41, 5.74) is 2.48. The number of hydrogen-bond donors (Lipinski definition) is 2. The molecule has 3 N–H and O–H groups in total. The van der Waals surface area contributed by atoms with Gasteiger partial charge < -0.3 is 9.64 Å². The average Bonchev–Trinajstić information content (AvgIpc) is 2.62. The third-order valence-electron chi connectivity index (χ3n) is 3.38. The van der Waals surface area contributed by atoms with Crippen molar-refractivity contribution < 1.29 is 4.74 Å². The largest absolute Gasteiger partial charge is 0.461 e. The molecule has 0 bridgehead atoms. The van der Waals surface area contributed by atoms with Crippen molar-refractivity contribution in [2.75, 3.05) is 16.9 Å². The van der Waals surface area contributed by atoms with Gasteiger partial charge in [-0.25, -0.2) is 5.84 Å². The fourth-order valence-electron chi connectivity index (χ4n) is 2.37. The number of ether oxygens (including phenoxy) is 1. The molecule has 112 valence electrons. The number of aromatic nitrogens is 3. The molecular weight excluding hydrogens is 256 g/mol. The van der Waals surface area contributed by atoms with Crippen molar-refractivity contribution >= 4 is 11.9 Å². The normalized spacial score (nSPS) is 19.9. The van der Waals surface area contributed by atoms with Crippen molar-refractivity contribution in [2.45, 2.75) is 58.6 Å². The van der Waals surface area contributed by atoms with E-state index in [4.69, 9.17) is 10.6 Å². The van der Waals surface area contributed by atoms with Gasteiger partial charge in [-0.2, -0.15) is 15.0 Å². The fourth-order valence-corrected chi connectivity index (χ4v) is 2.37. The van der Waals surface area contributed by atoms with Crippen molar-refractivity contribution in [3.63, 3.8) is 0 Å². The molecule has 7 nitrogen and oxygen atoms in total. The minimum atomic E-state index is 0.0115. The zero-order chi connectivity index (χ0) is 14.5. The summed E-state index contributed by atoms with van der Waals surface area (Å²) < 4.78 is 5.57. The molecule has 1 unspecified atom stereocenters. The molecule has 0 aromatic carbocycles. The number of hydrogen-bond acceptors (Lipinski definition) is 7. The predicted octanol–water partition coefficient (Wildman–Crippen LogP) is 1.71. The zero-order valence-electron chi connectivity index (χ0n) is 12.5. The molecule has 0 amide bonds. The Kier molecular flexibility index (Phi) is 4.94. The van der Waals surface area contributed by atoms with Crippen LogP contribution in [0.1, 0.15) is 46.5 Å². The van der Waals surface area contributed by atoms with Crippen molar-refractivity contribution in [3.05, 3.63) is 0 Å². The zero-order valence-corrected chi connectivity index (χ0v) is 12.5. The molecule has 0 radical (unpaired) electrons. The first-order valence-corrected chi connectivity index (χ1v) is 7.26. The highest BCUT2D eigenvalue weighted by Crippen LogP contribution is 2.23. The van der Waals surface area contributed by atoms with E-state index in [9.17, 15) is 0 Å². The van der Waals surface area contributed by atoms with E-state index in [2.05, 4.69) is 32.2 Å². The average molecular weight is 280 g/mol. The molecule has 1 aliphatic heterocycles. The minimum absolute atomic E-state index is 0.0115. The Balaban J connectivity index is 2.28. The Morgan fingerprint density at radius 3 is 2.75 bits per heavy atom. The van der Waals surface area contributed by atoms with E-state index in [1.807, 2.05) is 13.8 Å². The first-order valence-electron chi connectivity index (χ1n) is 7.26. The second-order valence-electron chi connectivity index (χ2n) is 5.44. The highest BCUT2D eigenvalue weighted by atomic mass is 16.5. The van der Waals surface area contributed by atoms with Gasteiger partial charge in [-0.05, 0) is 33.6 Å². The van der Waals surface area contributed by atoms with Gasteiger partial charge in [-0.15, -0.1) is 0 Å². The first-order chi connectivity index (χ1) is 9.60. The lowest BCUT2D eigenvalue weighted by Gasteiger charge is -2.27. The van der Waals surface area contributed by atoms with Gasteiger partial charge in [-0.3, -0.25) is 5.43 Å². The van der Waals surface area contributed by atoms with Crippen LogP contribution < -0.4 is 20.9 Å². The lowest BCUT2D eigenvalue weighted by Crippen LogP contribution is -2.34. The monoisotopic (exact) mass is 280 g/mol. The molecule has 2 heterocycles. The molecule has 0 saturated carbocycles. The minimum Gasteiger partial charge on any atom is -0.461 e. The molecule has 20 heavy (non-hydrogen) atoms. The number of anilines is 2. The van der Waals surface area contributed by atoms with Crippen LogP contribution in [0.25, 0.3) is 0 Å². The van der Waals surface area contributed by atoms with E-state index in [0.717, 1.165) is 19.4 Å². The molecule has 0 aliphatic carbocycles. The van der Waals surface area contributed by atoms with E-state index in [0.29, 0.717) is 23.9 Å². The Morgan fingerprint density at radius 1 is 1.25 bits per heavy atom. The van der Waals surface area contributed by atoms with Gasteiger partial charge in [0, 0.05) is 12.6 Å². The van der Waals surface area contributed by atoms with E-state index in [1.54, 1.807) is 0 Å². The molecule has 1 aromatic rings. The van der Waals surface area contributed by atoms with Gasteiger partial charge >= 0.3 is 6.01 Å². The maximum Gasteiger partial charge on any atom is 0.323 e. The third-order valence-corrected chi connectivity index (χ3v) is 3.38. The highest BCUT2D eigenvalue weighted by Gasteiger charge is 2.21. The van der Waals surface area contributed by atoms with Crippen molar-refractivity contribution in [1.29, 1.82) is 0 Å². The van der Waals surface area contributed by atoms with E-state index < -0.39 is 0 Å². The van der Waals surface area contributed by atoms with E-state index in [-0.39, 0.29) is 6.10 Å². The third kappa shape index (κ3) is 3.69. The Hall–Kier alpha value is -1.63. The van der Waals surface area contributed by atoms with Crippen LogP contribution in [-0.2, 0) is 0 Å². The maximum atomic E-state index is 5.57. The van der Waals surface area contributed by atoms with Crippen LogP contribution in [0.3, 0.4) is 0 Å². The summed E-state index contributed by atoms with van der Waals surface area (Å²) in [7, 11) is 0. The molecule has 1 aliphatic rings. The molecule has 1 aromatic heterocycles. The standard InChI is InChI=1S/C13H24N6O/c1-9(2)20-13-16-11(18-14)15-12(17-13)19-8-6-4-5-7-10(19)3/h9-10H,4-8,14H2,1-3H3,(H,15,16,17,18). The first kappa shape index (κ1) is 14.8. The second-order valence-corrected chi connectivity index (χ2v) is 5.44. The maximum absolute atomic E-state index is 5.57. The van der Waals surface area contributed by atoms with Crippen LogP contribution in [0.2, 0.25) is 0 Å². The lowest BCUT2D eigenvalue weighted by atomic mass is 10.1. The van der Waals surface area contributed by atoms with Gasteiger partial charge in [0.2, 0.25) is 11.9 Å². The van der Waals surface area contributed by atoms with Gasteiger partial charge in [0.05, 0.1) is 6.10 Å². The number of nitrogens with two attached hydrogens (primary N) is 1. The summed E-state index contributed by atoms with van der Waals surface area (Å²) in [4.78, 5) is 15.1. The van der Waals surface area contributed by atoms with Crippen molar-refractivity contribution in [3.8, 4) is 6.01 Å². The fraction of sp³-hybridized carbons (Fsp3) is 0.769. The van der Waals surface area contributed by atoms with Crippen LogP contribution in [0.5, 0.6) is 6.01 Å². The predicted molar refractivity (Wildman–Crippen MR) is 78.7 cm³/mol. The van der Waals surface area contributed by atoms with Crippen LogP contribution in [-0.4, -0.2) is 33.6 Å². The summed E-state index contributed by atoms with van der Waals surface area (Å²) in [6.07, 6.45) is 4.82. The van der Waals surface area contributed by atoms with E-state index >= 15 is 0 Å². The Labute approximate surface area is 119 Å². The summed E-state index contributed by atoms with van der Waals surface area (Å²) in [5.74, 6) is 6.41.